The Labute approximate surface area is 174 Å². The number of hydrogen-bond acceptors (Lipinski definition) is 5. The molecule has 3 rings (SSSR count). The quantitative estimate of drug-likeness (QED) is 0.569. The molecule has 0 aromatic heterocycles. The lowest BCUT2D eigenvalue weighted by Gasteiger charge is -2.13. The molecule has 0 aliphatic carbocycles. The molecule has 0 bridgehead atoms. The van der Waals surface area contributed by atoms with Crippen molar-refractivity contribution in [3.63, 3.8) is 0 Å². The number of halogens is 2. The third-order valence-electron chi connectivity index (χ3n) is 4.17. The molecule has 1 heterocycles. The average molecular weight is 425 g/mol. The smallest absolute Gasteiger partial charge is 0.241 e. The van der Waals surface area contributed by atoms with Gasteiger partial charge < -0.3 is 26.4 Å². The second-order valence-corrected chi connectivity index (χ2v) is 6.67. The minimum Gasteiger partial charge on any atom is -0.457 e. The molecule has 2 amide bonds. The van der Waals surface area contributed by atoms with Crippen LogP contribution in [-0.2, 0) is 9.59 Å². The first-order valence-electron chi connectivity index (χ1n) is 8.60. The molecule has 0 radical (unpaired) electrons. The zero-order chi connectivity index (χ0) is 19.2. The van der Waals surface area contributed by atoms with Gasteiger partial charge in [0.05, 0.1) is 12.6 Å². The van der Waals surface area contributed by atoms with E-state index in [9.17, 15) is 9.59 Å². The highest BCUT2D eigenvalue weighted by atomic mass is 35.5. The van der Waals surface area contributed by atoms with E-state index in [1.807, 2.05) is 0 Å². The van der Waals surface area contributed by atoms with E-state index in [0.717, 1.165) is 0 Å². The Hall–Kier alpha value is -2.32. The number of carbonyl (C=O) groups excluding carboxylic acids is 2. The molecular weight excluding hydrogens is 403 g/mol. The first-order chi connectivity index (χ1) is 13.0. The molecular formula is C19H22Cl2N4O3. The molecule has 0 saturated carbocycles. The van der Waals surface area contributed by atoms with Crippen molar-refractivity contribution in [2.24, 2.45) is 5.73 Å². The molecule has 2 aromatic carbocycles. The minimum atomic E-state index is -0.363. The van der Waals surface area contributed by atoms with Crippen molar-refractivity contribution in [1.82, 2.24) is 10.6 Å². The fourth-order valence-corrected chi connectivity index (χ4v) is 2.93. The molecule has 0 spiro atoms. The van der Waals surface area contributed by atoms with Crippen LogP contribution in [-0.4, -0.2) is 37.0 Å². The third kappa shape index (κ3) is 6.10. The first-order valence-corrected chi connectivity index (χ1v) is 8.98. The lowest BCUT2D eigenvalue weighted by atomic mass is 10.1. The van der Waals surface area contributed by atoms with Crippen molar-refractivity contribution in [3.05, 3.63) is 53.6 Å². The Morgan fingerprint density at radius 3 is 2.32 bits per heavy atom. The molecule has 9 heteroatoms. The van der Waals surface area contributed by atoms with Crippen molar-refractivity contribution >= 4 is 41.5 Å². The second-order valence-electron chi connectivity index (χ2n) is 6.23. The summed E-state index contributed by atoms with van der Waals surface area (Å²) < 4.78 is 5.72. The number of rotatable bonds is 6. The van der Waals surface area contributed by atoms with Gasteiger partial charge in [-0.05, 0) is 55.0 Å². The number of anilines is 1. The Bertz CT molecular complexity index is 800. The van der Waals surface area contributed by atoms with E-state index in [-0.39, 0.29) is 42.8 Å². The van der Waals surface area contributed by atoms with Crippen LogP contribution in [0, 0.1) is 0 Å². The maximum absolute atomic E-state index is 12.4. The maximum Gasteiger partial charge on any atom is 0.241 e. The fourth-order valence-electron chi connectivity index (χ4n) is 2.81. The van der Waals surface area contributed by atoms with Crippen molar-refractivity contribution in [2.45, 2.75) is 18.5 Å². The van der Waals surface area contributed by atoms with Crippen LogP contribution in [0.2, 0.25) is 5.02 Å². The number of nitrogens with two attached hydrogens (primary N) is 1. The minimum absolute atomic E-state index is 0. The van der Waals surface area contributed by atoms with E-state index < -0.39 is 0 Å². The van der Waals surface area contributed by atoms with E-state index in [0.29, 0.717) is 35.2 Å². The van der Waals surface area contributed by atoms with Crippen LogP contribution in [0.15, 0.2) is 48.5 Å². The summed E-state index contributed by atoms with van der Waals surface area (Å²) in [5.41, 5.74) is 5.95. The van der Waals surface area contributed by atoms with Gasteiger partial charge in [0.1, 0.15) is 11.5 Å². The number of carbonyl (C=O) groups is 2. The topological polar surface area (TPSA) is 105 Å². The van der Waals surface area contributed by atoms with E-state index in [4.69, 9.17) is 22.1 Å². The Morgan fingerprint density at radius 1 is 1.11 bits per heavy atom. The van der Waals surface area contributed by atoms with E-state index in [2.05, 4.69) is 16.0 Å². The van der Waals surface area contributed by atoms with Gasteiger partial charge in [-0.25, -0.2) is 0 Å². The number of hydrogen-bond donors (Lipinski definition) is 4. The number of benzene rings is 2. The normalized spacial score (nSPS) is 18.1. The molecule has 1 unspecified atom stereocenters. The third-order valence-corrected chi connectivity index (χ3v) is 4.42. The van der Waals surface area contributed by atoms with Crippen molar-refractivity contribution in [3.8, 4) is 11.5 Å². The van der Waals surface area contributed by atoms with Gasteiger partial charge in [0.15, 0.2) is 0 Å². The first kappa shape index (κ1) is 22.0. The molecule has 2 aromatic rings. The van der Waals surface area contributed by atoms with E-state index in [1.54, 1.807) is 48.5 Å². The standard InChI is InChI=1S/C19H21ClN4O3.ClH/c20-12-1-5-15(6-2-12)27-16-7-3-13(4-8-16)24-19(26)17-9-14(11-22-17)23-18(25)10-21;/h1-8,14,17,22H,9-11,21H2,(H,23,25)(H,24,26);1H/t14?,17-;/m0./s1. The Kier molecular flexibility index (Phi) is 8.07. The van der Waals surface area contributed by atoms with Crippen molar-refractivity contribution in [2.75, 3.05) is 18.4 Å². The van der Waals surface area contributed by atoms with E-state index >= 15 is 0 Å². The summed E-state index contributed by atoms with van der Waals surface area (Å²) in [6.45, 7) is 0.482. The average Bonchev–Trinajstić information content (AvgIpc) is 3.13. The van der Waals surface area contributed by atoms with Gasteiger partial charge in [0.25, 0.3) is 0 Å². The van der Waals surface area contributed by atoms with Crippen LogP contribution in [0.5, 0.6) is 11.5 Å². The molecule has 1 aliphatic rings. The van der Waals surface area contributed by atoms with Gasteiger partial charge in [-0.1, -0.05) is 11.6 Å². The van der Waals surface area contributed by atoms with Gasteiger partial charge in [0, 0.05) is 23.3 Å². The fraction of sp³-hybridized carbons (Fsp3) is 0.263. The summed E-state index contributed by atoms with van der Waals surface area (Å²) in [7, 11) is 0. The molecule has 1 aliphatic heterocycles. The van der Waals surface area contributed by atoms with Crippen LogP contribution in [0.3, 0.4) is 0 Å². The summed E-state index contributed by atoms with van der Waals surface area (Å²) in [4.78, 5) is 23.7. The van der Waals surface area contributed by atoms with Crippen molar-refractivity contribution in [1.29, 1.82) is 0 Å². The summed E-state index contributed by atoms with van der Waals surface area (Å²) >= 11 is 5.85. The van der Waals surface area contributed by atoms with Gasteiger partial charge in [0.2, 0.25) is 11.8 Å². The van der Waals surface area contributed by atoms with Gasteiger partial charge >= 0.3 is 0 Å². The number of nitrogens with one attached hydrogen (secondary N) is 3. The monoisotopic (exact) mass is 424 g/mol. The van der Waals surface area contributed by atoms with Crippen LogP contribution in [0.4, 0.5) is 5.69 Å². The highest BCUT2D eigenvalue weighted by molar-refractivity contribution is 6.30. The largest absolute Gasteiger partial charge is 0.457 e. The number of ether oxygens (including phenoxy) is 1. The highest BCUT2D eigenvalue weighted by Crippen LogP contribution is 2.24. The zero-order valence-electron chi connectivity index (χ0n) is 15.0. The summed E-state index contributed by atoms with van der Waals surface area (Å²) in [5, 5.41) is 9.38. The molecule has 2 atom stereocenters. The van der Waals surface area contributed by atoms with Gasteiger partial charge in [-0.3, -0.25) is 9.59 Å². The van der Waals surface area contributed by atoms with Crippen LogP contribution in [0.25, 0.3) is 0 Å². The molecule has 150 valence electrons. The predicted octanol–water partition coefficient (Wildman–Crippen LogP) is 2.30. The summed E-state index contributed by atoms with van der Waals surface area (Å²) in [5.74, 6) is 0.959. The second kappa shape index (κ2) is 10.3. The molecule has 28 heavy (non-hydrogen) atoms. The molecule has 7 nitrogen and oxygen atoms in total. The number of amides is 2. The Morgan fingerprint density at radius 2 is 1.71 bits per heavy atom. The van der Waals surface area contributed by atoms with E-state index in [1.165, 1.54) is 0 Å². The Balaban J connectivity index is 0.00000280. The maximum atomic E-state index is 12.4. The lowest BCUT2D eigenvalue weighted by molar-refractivity contribution is -0.121. The van der Waals surface area contributed by atoms with Gasteiger partial charge in [-0.15, -0.1) is 12.4 Å². The van der Waals surface area contributed by atoms with Crippen LogP contribution in [0.1, 0.15) is 6.42 Å². The summed E-state index contributed by atoms with van der Waals surface area (Å²) in [6, 6.07) is 13.7. The highest BCUT2D eigenvalue weighted by Gasteiger charge is 2.30. The van der Waals surface area contributed by atoms with Crippen molar-refractivity contribution < 1.29 is 14.3 Å². The van der Waals surface area contributed by atoms with Crippen LogP contribution < -0.4 is 26.4 Å². The lowest BCUT2D eigenvalue weighted by Crippen LogP contribution is -2.39. The van der Waals surface area contributed by atoms with Gasteiger partial charge in [-0.2, -0.15) is 0 Å². The molecule has 1 saturated heterocycles. The SMILES string of the molecule is Cl.NCC(=O)NC1CN[C@H](C(=O)Nc2ccc(Oc3ccc(Cl)cc3)cc2)C1. The zero-order valence-corrected chi connectivity index (χ0v) is 16.6. The molecule has 5 N–H and O–H groups in total. The summed E-state index contributed by atoms with van der Waals surface area (Å²) in [6.07, 6.45) is 0.523. The predicted molar refractivity (Wildman–Crippen MR) is 111 cm³/mol. The van der Waals surface area contributed by atoms with Crippen LogP contribution >= 0.6 is 24.0 Å². The molecule has 1 fully saturated rings.